The zero-order valence-electron chi connectivity index (χ0n) is 20.7. The van der Waals surface area contributed by atoms with Gasteiger partial charge in [-0.05, 0) is 73.3 Å². The summed E-state index contributed by atoms with van der Waals surface area (Å²) in [6, 6.07) is 12.6. The lowest BCUT2D eigenvalue weighted by Gasteiger charge is -2.29. The van der Waals surface area contributed by atoms with Gasteiger partial charge in [-0.25, -0.2) is 8.78 Å². The van der Waals surface area contributed by atoms with Crippen molar-refractivity contribution >= 4 is 0 Å². The summed E-state index contributed by atoms with van der Waals surface area (Å²) in [5.74, 6) is -4.36. The number of aliphatic hydroxyl groups is 1. The molecule has 0 spiro atoms. The normalized spacial score (nSPS) is 18.3. The first-order valence-electron chi connectivity index (χ1n) is 12.4. The van der Waals surface area contributed by atoms with Crippen molar-refractivity contribution in [1.29, 1.82) is 0 Å². The highest BCUT2D eigenvalue weighted by molar-refractivity contribution is 5.65. The Morgan fingerprint density at radius 2 is 1.46 bits per heavy atom. The molecule has 0 aliphatic heterocycles. The molecule has 1 unspecified atom stereocenters. The molecule has 3 aromatic carbocycles. The standard InChI is InChI=1S/C30H30F4O3/c1-3-16-36-25-14-15-26(30(34)29(25)33)37-17-19-4-6-21(7-5-19)23-12-13-24(28(32)27(23)31)22-10-8-20(9-11-22)18(2)35/h3,8-15,18-19,21,35H,1,4-7,16-17H2,2H3. The van der Waals surface area contributed by atoms with E-state index >= 15 is 4.39 Å². The maximum absolute atomic E-state index is 15.1. The molecule has 196 valence electrons. The van der Waals surface area contributed by atoms with E-state index in [0.29, 0.717) is 42.4 Å². The first-order chi connectivity index (χ1) is 17.8. The van der Waals surface area contributed by atoms with Gasteiger partial charge in [0.05, 0.1) is 12.7 Å². The molecule has 37 heavy (non-hydrogen) atoms. The molecule has 4 rings (SSSR count). The summed E-state index contributed by atoms with van der Waals surface area (Å²) < 4.78 is 69.2. The lowest BCUT2D eigenvalue weighted by atomic mass is 9.78. The second-order valence-corrected chi connectivity index (χ2v) is 9.45. The van der Waals surface area contributed by atoms with Crippen LogP contribution in [0.3, 0.4) is 0 Å². The Morgan fingerprint density at radius 3 is 2.05 bits per heavy atom. The quantitative estimate of drug-likeness (QED) is 0.233. The summed E-state index contributed by atoms with van der Waals surface area (Å²) >= 11 is 0. The minimum Gasteiger partial charge on any atom is -0.490 e. The number of hydrogen-bond acceptors (Lipinski definition) is 3. The van der Waals surface area contributed by atoms with Gasteiger partial charge in [0.1, 0.15) is 6.61 Å². The van der Waals surface area contributed by atoms with Crippen molar-refractivity contribution in [2.24, 2.45) is 5.92 Å². The fourth-order valence-corrected chi connectivity index (χ4v) is 4.78. The molecule has 1 atom stereocenters. The number of rotatable bonds is 9. The first-order valence-corrected chi connectivity index (χ1v) is 12.4. The van der Waals surface area contributed by atoms with E-state index in [0.717, 1.165) is 0 Å². The second-order valence-electron chi connectivity index (χ2n) is 9.45. The minimum absolute atomic E-state index is 0.0596. The summed E-state index contributed by atoms with van der Waals surface area (Å²) in [6.45, 7) is 5.37. The summed E-state index contributed by atoms with van der Waals surface area (Å²) in [6.07, 6.45) is 3.46. The molecular formula is C30H30F4O3. The molecule has 7 heteroatoms. The Morgan fingerprint density at radius 1 is 0.838 bits per heavy atom. The molecule has 1 aliphatic rings. The average molecular weight is 515 g/mol. The van der Waals surface area contributed by atoms with Gasteiger partial charge in [0.15, 0.2) is 23.1 Å². The Hall–Kier alpha value is -3.32. The molecular weight excluding hydrogens is 484 g/mol. The van der Waals surface area contributed by atoms with Gasteiger partial charge in [-0.3, -0.25) is 0 Å². The van der Waals surface area contributed by atoms with Crippen molar-refractivity contribution in [2.75, 3.05) is 13.2 Å². The smallest absolute Gasteiger partial charge is 0.204 e. The van der Waals surface area contributed by atoms with Crippen LogP contribution in [-0.2, 0) is 0 Å². The highest BCUT2D eigenvalue weighted by Crippen LogP contribution is 2.39. The van der Waals surface area contributed by atoms with Gasteiger partial charge in [0.2, 0.25) is 11.6 Å². The van der Waals surface area contributed by atoms with Gasteiger partial charge in [-0.15, -0.1) is 0 Å². The summed E-state index contributed by atoms with van der Waals surface area (Å²) in [4.78, 5) is 0. The van der Waals surface area contributed by atoms with E-state index < -0.39 is 29.4 Å². The summed E-state index contributed by atoms with van der Waals surface area (Å²) in [5.41, 5.74) is 1.77. The summed E-state index contributed by atoms with van der Waals surface area (Å²) in [7, 11) is 0. The fraction of sp³-hybridized carbons (Fsp3) is 0.333. The number of ether oxygens (including phenoxy) is 2. The molecule has 0 saturated heterocycles. The van der Waals surface area contributed by atoms with E-state index in [4.69, 9.17) is 9.47 Å². The molecule has 3 nitrogen and oxygen atoms in total. The highest BCUT2D eigenvalue weighted by atomic mass is 19.2. The lowest BCUT2D eigenvalue weighted by molar-refractivity contribution is 0.191. The van der Waals surface area contributed by atoms with Crippen molar-refractivity contribution < 1.29 is 32.1 Å². The van der Waals surface area contributed by atoms with Crippen molar-refractivity contribution in [2.45, 2.75) is 44.6 Å². The van der Waals surface area contributed by atoms with Crippen molar-refractivity contribution in [3.63, 3.8) is 0 Å². The van der Waals surface area contributed by atoms with Crippen LogP contribution in [-0.4, -0.2) is 18.3 Å². The van der Waals surface area contributed by atoms with Gasteiger partial charge in [0, 0.05) is 5.56 Å². The van der Waals surface area contributed by atoms with Crippen LogP contribution in [0.1, 0.15) is 55.8 Å². The van der Waals surface area contributed by atoms with Crippen molar-refractivity contribution in [1.82, 2.24) is 0 Å². The van der Waals surface area contributed by atoms with E-state index in [9.17, 15) is 18.3 Å². The monoisotopic (exact) mass is 514 g/mol. The Labute approximate surface area is 214 Å². The molecule has 0 bridgehead atoms. The van der Waals surface area contributed by atoms with Gasteiger partial charge in [0.25, 0.3) is 0 Å². The van der Waals surface area contributed by atoms with E-state index in [2.05, 4.69) is 6.58 Å². The van der Waals surface area contributed by atoms with Gasteiger partial charge in [-0.1, -0.05) is 49.1 Å². The van der Waals surface area contributed by atoms with Crippen LogP contribution in [0.15, 0.2) is 61.2 Å². The third-order valence-corrected chi connectivity index (χ3v) is 6.95. The van der Waals surface area contributed by atoms with E-state index in [1.165, 1.54) is 18.2 Å². The van der Waals surface area contributed by atoms with Crippen molar-refractivity contribution in [3.05, 3.63) is 95.6 Å². The minimum atomic E-state index is -1.11. The third-order valence-electron chi connectivity index (χ3n) is 6.95. The van der Waals surface area contributed by atoms with E-state index in [1.807, 2.05) is 0 Å². The number of aliphatic hydroxyl groups excluding tert-OH is 1. The molecule has 1 N–H and O–H groups in total. The van der Waals surface area contributed by atoms with Crippen molar-refractivity contribution in [3.8, 4) is 22.6 Å². The van der Waals surface area contributed by atoms with E-state index in [-0.39, 0.29) is 42.1 Å². The largest absolute Gasteiger partial charge is 0.490 e. The van der Waals surface area contributed by atoms with Crippen LogP contribution in [0.5, 0.6) is 11.5 Å². The maximum atomic E-state index is 15.1. The van der Waals surface area contributed by atoms with Crippen LogP contribution in [0.4, 0.5) is 17.6 Å². The van der Waals surface area contributed by atoms with Gasteiger partial charge >= 0.3 is 0 Å². The molecule has 1 saturated carbocycles. The Balaban J connectivity index is 1.36. The highest BCUT2D eigenvalue weighted by Gasteiger charge is 2.27. The first kappa shape index (κ1) is 26.7. The predicted molar refractivity (Wildman–Crippen MR) is 135 cm³/mol. The van der Waals surface area contributed by atoms with Crippen LogP contribution in [0.2, 0.25) is 0 Å². The van der Waals surface area contributed by atoms with Crippen LogP contribution >= 0.6 is 0 Å². The molecule has 1 aliphatic carbocycles. The Kier molecular flexibility index (Phi) is 8.54. The molecule has 0 heterocycles. The molecule has 0 aromatic heterocycles. The molecule has 3 aromatic rings. The maximum Gasteiger partial charge on any atom is 0.204 e. The van der Waals surface area contributed by atoms with Crippen LogP contribution in [0, 0.1) is 29.2 Å². The number of hydrogen-bond donors (Lipinski definition) is 1. The number of benzene rings is 3. The topological polar surface area (TPSA) is 38.7 Å². The van der Waals surface area contributed by atoms with Gasteiger partial charge in [-0.2, -0.15) is 8.78 Å². The third kappa shape index (κ3) is 5.99. The second kappa shape index (κ2) is 11.8. The van der Waals surface area contributed by atoms with Gasteiger partial charge < -0.3 is 14.6 Å². The lowest BCUT2D eigenvalue weighted by Crippen LogP contribution is -2.20. The zero-order valence-corrected chi connectivity index (χ0v) is 20.7. The van der Waals surface area contributed by atoms with E-state index in [1.54, 1.807) is 43.3 Å². The summed E-state index contributed by atoms with van der Waals surface area (Å²) in [5, 5.41) is 9.65. The zero-order chi connectivity index (χ0) is 26.5. The van der Waals surface area contributed by atoms with Crippen LogP contribution in [0.25, 0.3) is 11.1 Å². The SMILES string of the molecule is C=CCOc1ccc(OCC2CCC(c3ccc(-c4ccc(C(C)O)cc4)c(F)c3F)CC2)c(F)c1F. The molecule has 0 amide bonds. The molecule has 0 radical (unpaired) electrons. The fourth-order valence-electron chi connectivity index (χ4n) is 4.78. The molecule has 1 fully saturated rings. The predicted octanol–water partition coefficient (Wildman–Crippen LogP) is 7.88. The number of halogens is 4. The van der Waals surface area contributed by atoms with Crippen LogP contribution < -0.4 is 9.47 Å². The Bertz CT molecular complexity index is 1230. The average Bonchev–Trinajstić information content (AvgIpc) is 2.91.